The molecule has 0 saturated carbocycles. The van der Waals surface area contributed by atoms with E-state index >= 15 is 0 Å². The summed E-state index contributed by atoms with van der Waals surface area (Å²) in [5.41, 5.74) is 1.14. The molecule has 0 fully saturated rings. The van der Waals surface area contributed by atoms with Gasteiger partial charge in [0, 0.05) is 6.42 Å². The number of unbranched alkanes of at least 4 members (excludes halogenated alkanes) is 1. The van der Waals surface area contributed by atoms with Gasteiger partial charge >= 0.3 is 0 Å². The monoisotopic (exact) mass is 236 g/mol. The Labute approximate surface area is 99.7 Å². The van der Waals surface area contributed by atoms with E-state index in [2.05, 4.69) is 18.8 Å². The Morgan fingerprint density at radius 1 is 1.25 bits per heavy atom. The van der Waals surface area contributed by atoms with Crippen molar-refractivity contribution in [3.8, 4) is 11.8 Å². The molecule has 3 heteroatoms. The van der Waals surface area contributed by atoms with Crippen LogP contribution in [0, 0.1) is 18.8 Å². The molecular weight excluding hydrogens is 220 g/mol. The Morgan fingerprint density at radius 3 is 2.56 bits per heavy atom. The van der Waals surface area contributed by atoms with Crippen molar-refractivity contribution in [1.82, 2.24) is 0 Å². The average Bonchev–Trinajstić information content (AvgIpc) is 2.29. The van der Waals surface area contributed by atoms with Crippen LogP contribution in [0.2, 0.25) is 0 Å². The van der Waals surface area contributed by atoms with Gasteiger partial charge < -0.3 is 0 Å². The van der Waals surface area contributed by atoms with Gasteiger partial charge in [-0.15, -0.1) is 5.92 Å². The number of benzene rings is 1. The molecule has 1 aromatic rings. The van der Waals surface area contributed by atoms with Crippen molar-refractivity contribution in [2.24, 2.45) is 0 Å². The zero-order valence-electron chi connectivity index (χ0n) is 9.66. The summed E-state index contributed by atoms with van der Waals surface area (Å²) in [6, 6.07) is 7.45. The molecule has 0 radical (unpaired) electrons. The maximum atomic E-state index is 11.6. The fraction of sp³-hybridized carbons (Fsp3) is 0.385. The first-order valence-electron chi connectivity index (χ1n) is 5.31. The molecule has 0 spiro atoms. The minimum Gasteiger partial charge on any atom is -0.274 e. The highest BCUT2D eigenvalue weighted by Crippen LogP contribution is 2.08. The first-order chi connectivity index (χ1) is 7.74. The second-order valence-electron chi connectivity index (χ2n) is 3.41. The van der Waals surface area contributed by atoms with Crippen molar-refractivity contribution in [1.29, 1.82) is 0 Å². The zero-order chi connectivity index (χ0) is 11.8. The molecule has 86 valence electrons. The molecule has 0 N–H and O–H groups in total. The van der Waals surface area contributed by atoms with Gasteiger partial charge in [-0.05, 0) is 25.5 Å². The summed E-state index contributed by atoms with van der Waals surface area (Å²) in [5.74, 6) is 5.77. The predicted molar refractivity (Wildman–Crippen MR) is 66.2 cm³/mol. The predicted octanol–water partition coefficient (Wildman–Crippen LogP) is 2.84. The number of rotatable bonds is 4. The molecule has 1 atom stereocenters. The van der Waals surface area contributed by atoms with Gasteiger partial charge in [-0.1, -0.05) is 30.5 Å². The van der Waals surface area contributed by atoms with Gasteiger partial charge in [0.1, 0.15) is 6.61 Å². The van der Waals surface area contributed by atoms with Crippen LogP contribution in [-0.4, -0.2) is 10.8 Å². The highest BCUT2D eigenvalue weighted by atomic mass is 32.2. The van der Waals surface area contributed by atoms with Crippen molar-refractivity contribution in [2.75, 3.05) is 6.61 Å². The normalized spacial score (nSPS) is 11.6. The fourth-order valence-corrected chi connectivity index (χ4v) is 1.73. The third kappa shape index (κ3) is 4.61. The molecule has 2 nitrogen and oxygen atoms in total. The molecule has 0 heterocycles. The summed E-state index contributed by atoms with van der Waals surface area (Å²) >= 11 is -1.40. The van der Waals surface area contributed by atoms with Crippen LogP contribution in [0.1, 0.15) is 25.3 Å². The first kappa shape index (κ1) is 13.0. The second-order valence-corrected chi connectivity index (χ2v) is 4.59. The van der Waals surface area contributed by atoms with E-state index in [1.54, 1.807) is 0 Å². The Hall–Kier alpha value is -1.11. The molecule has 0 aliphatic rings. The number of hydrogen-bond acceptors (Lipinski definition) is 2. The summed E-state index contributed by atoms with van der Waals surface area (Å²) in [6.07, 6.45) is 1.90. The largest absolute Gasteiger partial charge is 0.274 e. The molecule has 16 heavy (non-hydrogen) atoms. The van der Waals surface area contributed by atoms with Crippen LogP contribution in [0.4, 0.5) is 0 Å². The van der Waals surface area contributed by atoms with Crippen LogP contribution >= 0.6 is 0 Å². The Morgan fingerprint density at radius 2 is 1.94 bits per heavy atom. The van der Waals surface area contributed by atoms with Crippen molar-refractivity contribution in [3.05, 3.63) is 29.8 Å². The summed E-state index contributed by atoms with van der Waals surface area (Å²) < 4.78 is 16.7. The van der Waals surface area contributed by atoms with Crippen molar-refractivity contribution in [3.63, 3.8) is 0 Å². The van der Waals surface area contributed by atoms with Crippen molar-refractivity contribution >= 4 is 11.1 Å². The first-order valence-corrected chi connectivity index (χ1v) is 6.39. The minimum atomic E-state index is -1.40. The number of aryl methyl sites for hydroxylation is 1. The Bertz CT molecular complexity index is 398. The second kappa shape index (κ2) is 7.21. The maximum absolute atomic E-state index is 11.6. The molecule has 0 aromatic heterocycles. The maximum Gasteiger partial charge on any atom is 0.190 e. The van der Waals surface area contributed by atoms with E-state index < -0.39 is 11.1 Å². The van der Waals surface area contributed by atoms with Crippen LogP contribution in [0.5, 0.6) is 0 Å². The van der Waals surface area contributed by atoms with E-state index in [-0.39, 0.29) is 6.61 Å². The van der Waals surface area contributed by atoms with E-state index in [9.17, 15) is 4.21 Å². The lowest BCUT2D eigenvalue weighted by atomic mass is 10.2. The van der Waals surface area contributed by atoms with Crippen molar-refractivity contribution < 1.29 is 8.39 Å². The molecule has 1 rings (SSSR count). The lowest BCUT2D eigenvalue weighted by Gasteiger charge is -2.00. The minimum absolute atomic E-state index is 0.223. The van der Waals surface area contributed by atoms with Gasteiger partial charge in [0.05, 0.1) is 4.90 Å². The van der Waals surface area contributed by atoms with Gasteiger partial charge in [-0.2, -0.15) is 0 Å². The lowest BCUT2D eigenvalue weighted by molar-refractivity contribution is 0.402. The molecule has 0 unspecified atom stereocenters. The SMILES string of the molecule is CCCC#CCO[S@](=O)c1ccc(C)cc1. The van der Waals surface area contributed by atoms with Gasteiger partial charge in [-0.25, -0.2) is 4.21 Å². The Balaban J connectivity index is 2.42. The summed E-state index contributed by atoms with van der Waals surface area (Å²) in [4.78, 5) is 0.683. The van der Waals surface area contributed by atoms with Crippen LogP contribution in [-0.2, 0) is 15.3 Å². The fourth-order valence-electron chi connectivity index (χ4n) is 1.06. The smallest absolute Gasteiger partial charge is 0.190 e. The molecule has 0 bridgehead atoms. The van der Waals surface area contributed by atoms with E-state index in [4.69, 9.17) is 4.18 Å². The van der Waals surface area contributed by atoms with Gasteiger partial charge in [-0.3, -0.25) is 4.18 Å². The number of hydrogen-bond donors (Lipinski definition) is 0. The van der Waals surface area contributed by atoms with Crippen molar-refractivity contribution in [2.45, 2.75) is 31.6 Å². The van der Waals surface area contributed by atoms with E-state index in [0.717, 1.165) is 18.4 Å². The third-order valence-corrected chi connectivity index (χ3v) is 2.94. The highest BCUT2D eigenvalue weighted by Gasteiger charge is 2.02. The molecule has 0 saturated heterocycles. The lowest BCUT2D eigenvalue weighted by Crippen LogP contribution is -1.98. The molecular formula is C13H16O2S. The standard InChI is InChI=1S/C13H16O2S/c1-3-4-5-6-11-15-16(14)13-9-7-12(2)8-10-13/h7-10H,3-4,11H2,1-2H3/t16-/m0/s1. The van der Waals surface area contributed by atoms with Gasteiger partial charge in [0.15, 0.2) is 11.1 Å². The zero-order valence-corrected chi connectivity index (χ0v) is 10.5. The summed E-state index contributed by atoms with van der Waals surface area (Å²) in [6.45, 7) is 4.28. The highest BCUT2D eigenvalue weighted by molar-refractivity contribution is 7.80. The van der Waals surface area contributed by atoms with E-state index in [0.29, 0.717) is 4.90 Å². The van der Waals surface area contributed by atoms with Crippen LogP contribution in [0.25, 0.3) is 0 Å². The quantitative estimate of drug-likeness (QED) is 0.751. The van der Waals surface area contributed by atoms with Crippen LogP contribution in [0.15, 0.2) is 29.2 Å². The Kier molecular flexibility index (Phi) is 5.84. The molecule has 1 aromatic carbocycles. The van der Waals surface area contributed by atoms with E-state index in [1.165, 1.54) is 0 Å². The third-order valence-electron chi connectivity index (χ3n) is 1.95. The average molecular weight is 236 g/mol. The van der Waals surface area contributed by atoms with Gasteiger partial charge in [0.25, 0.3) is 0 Å². The van der Waals surface area contributed by atoms with Crippen LogP contribution < -0.4 is 0 Å². The van der Waals surface area contributed by atoms with E-state index in [1.807, 2.05) is 31.2 Å². The van der Waals surface area contributed by atoms with Gasteiger partial charge in [0.2, 0.25) is 0 Å². The molecule has 0 aliphatic heterocycles. The topological polar surface area (TPSA) is 26.3 Å². The van der Waals surface area contributed by atoms with Crippen LogP contribution in [0.3, 0.4) is 0 Å². The summed E-state index contributed by atoms with van der Waals surface area (Å²) in [7, 11) is 0. The molecule has 0 aliphatic carbocycles. The summed E-state index contributed by atoms with van der Waals surface area (Å²) in [5, 5.41) is 0. The molecule has 0 amide bonds.